The number of fused-ring (bicyclic) bond motifs is 6. The third kappa shape index (κ3) is 7.17. The Balaban J connectivity index is 0.000000181. The standard InChI is InChI=1S/2C24H20N4O2/c2*1-2-30-23(29)20(12-17-8-4-3-5-9-17)21-13-22-19-11-7-6-10-18(19)14-27-28(22)24(21,15-25)16-26/h2*3-11,14,22H,2,12-13H2,1H3/b2*21-20-/t2*22-/m10/s1. The zero-order chi connectivity index (χ0) is 42.3. The van der Waals surface area contributed by atoms with Crippen molar-refractivity contribution in [2.24, 2.45) is 10.2 Å². The molecule has 8 rings (SSSR count). The fraction of sp³-hybridized carbons (Fsp3) is 0.250. The van der Waals surface area contributed by atoms with Gasteiger partial charge >= 0.3 is 11.9 Å². The van der Waals surface area contributed by atoms with Gasteiger partial charge in [-0.2, -0.15) is 31.3 Å². The number of benzene rings is 4. The third-order valence-corrected chi connectivity index (χ3v) is 11.2. The molecule has 4 heterocycles. The lowest BCUT2D eigenvalue weighted by Crippen LogP contribution is -2.42. The fourth-order valence-corrected chi connectivity index (χ4v) is 8.38. The monoisotopic (exact) mass is 792 g/mol. The Labute approximate surface area is 348 Å². The number of carbonyl (C=O) groups is 2. The highest BCUT2D eigenvalue weighted by atomic mass is 16.5. The first-order chi connectivity index (χ1) is 29.3. The van der Waals surface area contributed by atoms with Gasteiger partial charge in [-0.05, 0) is 71.2 Å². The molecule has 0 bridgehead atoms. The highest BCUT2D eigenvalue weighted by Gasteiger charge is 2.56. The number of carbonyl (C=O) groups excluding carboxylic acids is 2. The van der Waals surface area contributed by atoms with Gasteiger partial charge in [-0.25, -0.2) is 9.59 Å². The Morgan fingerprint density at radius 3 is 1.28 bits per heavy atom. The number of nitrogens with zero attached hydrogens (tertiary/aromatic N) is 8. The Kier molecular flexibility index (Phi) is 11.7. The molecule has 12 nitrogen and oxygen atoms in total. The molecule has 4 aromatic rings. The number of nitriles is 4. The molecule has 4 aliphatic heterocycles. The van der Waals surface area contributed by atoms with Crippen molar-refractivity contribution < 1.29 is 19.1 Å². The van der Waals surface area contributed by atoms with Crippen LogP contribution in [0.2, 0.25) is 0 Å². The first kappa shape index (κ1) is 40.4. The first-order valence-corrected chi connectivity index (χ1v) is 19.7. The largest absolute Gasteiger partial charge is 0.463 e. The van der Waals surface area contributed by atoms with Crippen molar-refractivity contribution in [3.63, 3.8) is 0 Å². The third-order valence-electron chi connectivity index (χ3n) is 11.2. The van der Waals surface area contributed by atoms with Gasteiger partial charge in [0.05, 0.1) is 37.7 Å². The summed E-state index contributed by atoms with van der Waals surface area (Å²) in [6.45, 7) is 3.90. The summed E-state index contributed by atoms with van der Waals surface area (Å²) in [4.78, 5) is 25.9. The summed E-state index contributed by atoms with van der Waals surface area (Å²) in [6.07, 6.45) is 4.61. The molecule has 60 heavy (non-hydrogen) atoms. The van der Waals surface area contributed by atoms with Gasteiger partial charge in [0.25, 0.3) is 11.1 Å². The Morgan fingerprint density at radius 2 is 0.933 bits per heavy atom. The molecule has 0 unspecified atom stereocenters. The molecule has 0 aliphatic carbocycles. The highest BCUT2D eigenvalue weighted by Crippen LogP contribution is 2.51. The highest BCUT2D eigenvalue weighted by molar-refractivity contribution is 5.92. The molecule has 0 radical (unpaired) electrons. The van der Waals surface area contributed by atoms with Crippen molar-refractivity contribution in [1.82, 2.24) is 10.0 Å². The van der Waals surface area contributed by atoms with Crippen LogP contribution in [0.15, 0.2) is 142 Å². The van der Waals surface area contributed by atoms with Crippen molar-refractivity contribution in [2.75, 3.05) is 13.2 Å². The van der Waals surface area contributed by atoms with E-state index in [1.165, 1.54) is 10.0 Å². The minimum Gasteiger partial charge on any atom is -0.463 e. The van der Waals surface area contributed by atoms with Crippen LogP contribution in [0.1, 0.15) is 72.2 Å². The SMILES string of the molecule is CCOC(=O)/C(Cc1ccccc1)=C1/C[C@@H]2c3ccccc3C=NN2C1(C#N)C#N.CCOC(=O)/C(Cc1ccccc1)=C1/C[C@H]2c3ccccc3C=NN2C1(C#N)C#N. The van der Waals surface area contributed by atoms with Gasteiger partial charge in [0.2, 0.25) is 0 Å². The maximum atomic E-state index is 12.9. The van der Waals surface area contributed by atoms with Crippen LogP contribution in [0.4, 0.5) is 0 Å². The second kappa shape index (κ2) is 17.4. The van der Waals surface area contributed by atoms with Crippen molar-refractivity contribution >= 4 is 24.4 Å². The molecule has 4 aliphatic rings. The number of ether oxygens (including phenoxy) is 2. The minimum atomic E-state index is -1.66. The first-order valence-electron chi connectivity index (χ1n) is 19.7. The van der Waals surface area contributed by atoms with E-state index >= 15 is 0 Å². The van der Waals surface area contributed by atoms with Crippen LogP contribution in [0.5, 0.6) is 0 Å². The van der Waals surface area contributed by atoms with Crippen molar-refractivity contribution in [2.45, 2.75) is 62.7 Å². The number of esters is 2. The smallest absolute Gasteiger partial charge is 0.334 e. The summed E-state index contributed by atoms with van der Waals surface area (Å²) < 4.78 is 10.6. The number of hydrogen-bond donors (Lipinski definition) is 0. The lowest BCUT2D eigenvalue weighted by molar-refractivity contribution is -0.139. The molecule has 0 amide bonds. The maximum absolute atomic E-state index is 12.9. The van der Waals surface area contributed by atoms with E-state index in [9.17, 15) is 30.6 Å². The van der Waals surface area contributed by atoms with Gasteiger partial charge in [-0.3, -0.25) is 10.0 Å². The number of rotatable bonds is 8. The van der Waals surface area contributed by atoms with Crippen LogP contribution >= 0.6 is 0 Å². The number of hydrogen-bond acceptors (Lipinski definition) is 12. The normalized spacial score (nSPS) is 19.8. The van der Waals surface area contributed by atoms with Crippen LogP contribution in [0.25, 0.3) is 0 Å². The van der Waals surface area contributed by atoms with E-state index in [4.69, 9.17) is 9.47 Å². The van der Waals surface area contributed by atoms with E-state index in [0.29, 0.717) is 35.1 Å². The molecule has 0 aromatic heterocycles. The van der Waals surface area contributed by atoms with Gasteiger partial charge < -0.3 is 9.47 Å². The van der Waals surface area contributed by atoms with E-state index < -0.39 is 23.0 Å². The average molecular weight is 793 g/mol. The summed E-state index contributed by atoms with van der Waals surface area (Å²) in [5.41, 5.74) is 4.01. The zero-order valence-corrected chi connectivity index (χ0v) is 33.2. The fourth-order valence-electron chi connectivity index (χ4n) is 8.38. The van der Waals surface area contributed by atoms with Crippen LogP contribution in [0.3, 0.4) is 0 Å². The summed E-state index contributed by atoms with van der Waals surface area (Å²) in [5.74, 6) is -0.994. The predicted molar refractivity (Wildman–Crippen MR) is 222 cm³/mol. The van der Waals surface area contributed by atoms with E-state index in [0.717, 1.165) is 33.4 Å². The molecular formula is C48H40N8O4. The Hall–Kier alpha value is -7.80. The predicted octanol–water partition coefficient (Wildman–Crippen LogP) is 7.34. The molecule has 0 N–H and O–H groups in total. The lowest BCUT2D eigenvalue weighted by atomic mass is 9.86. The second-order valence-electron chi connectivity index (χ2n) is 14.4. The van der Waals surface area contributed by atoms with Gasteiger partial charge in [0.1, 0.15) is 24.3 Å². The summed E-state index contributed by atoms with van der Waals surface area (Å²) in [7, 11) is 0. The lowest BCUT2D eigenvalue weighted by Gasteiger charge is -2.32. The van der Waals surface area contributed by atoms with E-state index in [1.54, 1.807) is 26.3 Å². The molecule has 2 fully saturated rings. The van der Waals surface area contributed by atoms with Gasteiger partial charge in [-0.15, -0.1) is 0 Å². The topological polar surface area (TPSA) is 179 Å². The number of hydrazone groups is 2. The summed E-state index contributed by atoms with van der Waals surface area (Å²) in [6, 6.07) is 42.6. The molecule has 4 aromatic carbocycles. The maximum Gasteiger partial charge on any atom is 0.334 e. The summed E-state index contributed by atoms with van der Waals surface area (Å²) >= 11 is 0. The molecule has 296 valence electrons. The van der Waals surface area contributed by atoms with Gasteiger partial charge in [0.15, 0.2) is 0 Å². The Bertz CT molecular complexity index is 2400. The average Bonchev–Trinajstić information content (AvgIpc) is 3.82. The van der Waals surface area contributed by atoms with Crippen molar-refractivity contribution in [3.8, 4) is 24.3 Å². The quantitative estimate of drug-likeness (QED) is 0.129. The van der Waals surface area contributed by atoms with Crippen LogP contribution in [-0.2, 0) is 31.9 Å². The second-order valence-corrected chi connectivity index (χ2v) is 14.4. The molecule has 0 spiro atoms. The van der Waals surface area contributed by atoms with Crippen molar-refractivity contribution in [1.29, 1.82) is 21.0 Å². The molecule has 0 saturated carbocycles. The van der Waals surface area contributed by atoms with E-state index in [2.05, 4.69) is 34.5 Å². The van der Waals surface area contributed by atoms with Crippen LogP contribution in [0, 0.1) is 45.3 Å². The Morgan fingerprint density at radius 1 is 0.583 bits per heavy atom. The molecular weight excluding hydrogens is 753 g/mol. The van der Waals surface area contributed by atoms with E-state index in [1.807, 2.05) is 109 Å². The van der Waals surface area contributed by atoms with Crippen molar-refractivity contribution in [3.05, 3.63) is 165 Å². The molecule has 12 heteroatoms. The summed E-state index contributed by atoms with van der Waals surface area (Å²) in [5, 5.41) is 52.5. The van der Waals surface area contributed by atoms with Crippen LogP contribution in [-0.4, -0.2) is 58.7 Å². The minimum absolute atomic E-state index is 0.213. The van der Waals surface area contributed by atoms with E-state index in [-0.39, 0.29) is 38.1 Å². The molecule has 2 saturated heterocycles. The van der Waals surface area contributed by atoms with Gasteiger partial charge in [0, 0.05) is 24.0 Å². The zero-order valence-electron chi connectivity index (χ0n) is 33.2. The molecule has 2 atom stereocenters. The van der Waals surface area contributed by atoms with Gasteiger partial charge in [-0.1, -0.05) is 109 Å². The van der Waals surface area contributed by atoms with Crippen LogP contribution < -0.4 is 0 Å².